The van der Waals surface area contributed by atoms with Gasteiger partial charge in [-0.25, -0.2) is 9.78 Å². The molecular weight excluding hydrogens is 400 g/mol. The summed E-state index contributed by atoms with van der Waals surface area (Å²) in [5, 5.41) is 3.48. The molecule has 0 unspecified atom stereocenters. The highest BCUT2D eigenvalue weighted by Crippen LogP contribution is 2.39. The second-order valence-electron chi connectivity index (χ2n) is 6.89. The Balaban J connectivity index is 1.57. The molecule has 0 atom stereocenters. The number of nitrogens with one attached hydrogen (secondary N) is 1. The molecule has 0 fully saturated rings. The molecule has 1 aliphatic rings. The molecule has 2 aromatic heterocycles. The minimum Gasteiger partial charge on any atom is -0.462 e. The van der Waals surface area contributed by atoms with Gasteiger partial charge in [0.2, 0.25) is 5.88 Å². The third-order valence-corrected chi connectivity index (χ3v) is 6.04. The van der Waals surface area contributed by atoms with Gasteiger partial charge in [0.1, 0.15) is 10.8 Å². The van der Waals surface area contributed by atoms with E-state index in [-0.39, 0.29) is 11.9 Å². The number of aryl methyl sites for hydroxylation is 1. The standard InChI is InChI=1S/C23H22N2O4S/c1-2-28-23(27)20-17-10-3-4-11-18(17)30-22(20)25-21(26)15-8-7-9-16(14-15)29-19-12-5-6-13-24-19/h5-9,12-14H,2-4,10-11H2,1H3,(H,25,26). The van der Waals surface area contributed by atoms with Crippen molar-refractivity contribution in [3.05, 3.63) is 70.2 Å². The van der Waals surface area contributed by atoms with Crippen molar-refractivity contribution in [2.24, 2.45) is 0 Å². The van der Waals surface area contributed by atoms with Crippen LogP contribution < -0.4 is 10.1 Å². The Labute approximate surface area is 178 Å². The van der Waals surface area contributed by atoms with Crippen molar-refractivity contribution in [2.45, 2.75) is 32.6 Å². The quantitative estimate of drug-likeness (QED) is 0.550. The van der Waals surface area contributed by atoms with E-state index in [4.69, 9.17) is 9.47 Å². The zero-order valence-electron chi connectivity index (χ0n) is 16.6. The van der Waals surface area contributed by atoms with Crippen LogP contribution in [0.1, 0.15) is 50.9 Å². The van der Waals surface area contributed by atoms with E-state index in [1.54, 1.807) is 49.5 Å². The molecule has 1 aromatic carbocycles. The van der Waals surface area contributed by atoms with Crippen molar-refractivity contribution in [2.75, 3.05) is 11.9 Å². The monoisotopic (exact) mass is 422 g/mol. The second-order valence-corrected chi connectivity index (χ2v) is 7.99. The van der Waals surface area contributed by atoms with Gasteiger partial charge in [-0.1, -0.05) is 12.1 Å². The number of amides is 1. The number of rotatable bonds is 6. The summed E-state index contributed by atoms with van der Waals surface area (Å²) >= 11 is 1.47. The van der Waals surface area contributed by atoms with Crippen molar-refractivity contribution in [1.82, 2.24) is 4.98 Å². The van der Waals surface area contributed by atoms with Crippen LogP contribution in [0.4, 0.5) is 5.00 Å². The molecule has 0 radical (unpaired) electrons. The number of hydrogen-bond donors (Lipinski definition) is 1. The van der Waals surface area contributed by atoms with Gasteiger partial charge in [0.05, 0.1) is 12.2 Å². The van der Waals surface area contributed by atoms with Crippen LogP contribution in [0.15, 0.2) is 48.7 Å². The Morgan fingerprint density at radius 2 is 2.00 bits per heavy atom. The van der Waals surface area contributed by atoms with E-state index in [1.807, 2.05) is 6.07 Å². The summed E-state index contributed by atoms with van der Waals surface area (Å²) in [7, 11) is 0. The molecule has 7 heteroatoms. The molecule has 30 heavy (non-hydrogen) atoms. The molecule has 0 bridgehead atoms. The fourth-order valence-electron chi connectivity index (χ4n) is 3.48. The second kappa shape index (κ2) is 9.09. The molecule has 0 aliphatic heterocycles. The zero-order chi connectivity index (χ0) is 20.9. The van der Waals surface area contributed by atoms with Gasteiger partial charge in [-0.2, -0.15) is 0 Å². The molecule has 0 saturated heterocycles. The highest BCUT2D eigenvalue weighted by molar-refractivity contribution is 7.17. The van der Waals surface area contributed by atoms with E-state index in [2.05, 4.69) is 10.3 Å². The molecule has 1 N–H and O–H groups in total. The molecule has 3 aromatic rings. The number of thiophene rings is 1. The van der Waals surface area contributed by atoms with Crippen LogP contribution in [-0.2, 0) is 17.6 Å². The highest BCUT2D eigenvalue weighted by Gasteiger charge is 2.27. The van der Waals surface area contributed by atoms with Crippen LogP contribution in [-0.4, -0.2) is 23.5 Å². The maximum Gasteiger partial charge on any atom is 0.341 e. The van der Waals surface area contributed by atoms with Gasteiger partial charge < -0.3 is 14.8 Å². The Kier molecular flexibility index (Phi) is 6.09. The lowest BCUT2D eigenvalue weighted by Crippen LogP contribution is -2.15. The summed E-state index contributed by atoms with van der Waals surface area (Å²) in [5.74, 6) is 0.285. The lowest BCUT2D eigenvalue weighted by Gasteiger charge is -2.12. The first-order chi connectivity index (χ1) is 14.7. The lowest BCUT2D eigenvalue weighted by atomic mass is 9.95. The molecule has 6 nitrogen and oxygen atoms in total. The Morgan fingerprint density at radius 1 is 1.13 bits per heavy atom. The molecule has 154 valence electrons. The maximum absolute atomic E-state index is 12.9. The van der Waals surface area contributed by atoms with E-state index in [0.29, 0.717) is 34.4 Å². The summed E-state index contributed by atoms with van der Waals surface area (Å²) < 4.78 is 11.0. The Bertz CT molecular complexity index is 1060. The van der Waals surface area contributed by atoms with Gasteiger partial charge in [0.15, 0.2) is 0 Å². The average Bonchev–Trinajstić information content (AvgIpc) is 3.12. The fraction of sp³-hybridized carbons (Fsp3) is 0.261. The molecular formula is C23H22N2O4S. The van der Waals surface area contributed by atoms with E-state index in [0.717, 1.165) is 36.1 Å². The van der Waals surface area contributed by atoms with E-state index >= 15 is 0 Å². The van der Waals surface area contributed by atoms with Crippen LogP contribution >= 0.6 is 11.3 Å². The summed E-state index contributed by atoms with van der Waals surface area (Å²) in [6, 6.07) is 12.2. The highest BCUT2D eigenvalue weighted by atomic mass is 32.1. The van der Waals surface area contributed by atoms with E-state index < -0.39 is 0 Å². The Morgan fingerprint density at radius 3 is 2.80 bits per heavy atom. The van der Waals surface area contributed by atoms with Gasteiger partial charge in [-0.15, -0.1) is 11.3 Å². The normalized spacial score (nSPS) is 12.7. The molecule has 1 aliphatic carbocycles. The number of benzene rings is 1. The molecule has 4 rings (SSSR count). The van der Waals surface area contributed by atoms with Crippen molar-refractivity contribution in [1.29, 1.82) is 0 Å². The number of esters is 1. The van der Waals surface area contributed by atoms with Crippen LogP contribution in [0.25, 0.3) is 0 Å². The number of ether oxygens (including phenoxy) is 2. The number of anilines is 1. The summed E-state index contributed by atoms with van der Waals surface area (Å²) in [5.41, 5.74) is 1.96. The fourth-order valence-corrected chi connectivity index (χ4v) is 4.75. The van der Waals surface area contributed by atoms with Crippen LogP contribution in [0.3, 0.4) is 0 Å². The van der Waals surface area contributed by atoms with E-state index in [1.165, 1.54) is 11.3 Å². The SMILES string of the molecule is CCOC(=O)c1c(NC(=O)c2cccc(Oc3ccccn3)c2)sc2c1CCCC2. The number of nitrogens with zero attached hydrogens (tertiary/aromatic N) is 1. The average molecular weight is 423 g/mol. The van der Waals surface area contributed by atoms with Crippen molar-refractivity contribution >= 4 is 28.2 Å². The summed E-state index contributed by atoms with van der Waals surface area (Å²) in [6.07, 6.45) is 5.53. The van der Waals surface area contributed by atoms with Gasteiger partial charge in [-0.05, 0) is 62.4 Å². The number of hydrogen-bond acceptors (Lipinski definition) is 6. The van der Waals surface area contributed by atoms with Crippen molar-refractivity contribution in [3.8, 4) is 11.6 Å². The van der Waals surface area contributed by atoms with Gasteiger partial charge in [-0.3, -0.25) is 4.79 Å². The topological polar surface area (TPSA) is 77.5 Å². The molecule has 2 heterocycles. The molecule has 0 saturated carbocycles. The first-order valence-corrected chi connectivity index (χ1v) is 10.8. The number of carbonyl (C=O) groups excluding carboxylic acids is 2. The first kappa shape index (κ1) is 20.1. The number of carbonyl (C=O) groups is 2. The minimum atomic E-state index is -0.376. The van der Waals surface area contributed by atoms with Gasteiger partial charge in [0, 0.05) is 22.7 Å². The smallest absolute Gasteiger partial charge is 0.341 e. The third kappa shape index (κ3) is 4.36. The maximum atomic E-state index is 12.9. The molecule has 1 amide bonds. The predicted octanol–water partition coefficient (Wildman–Crippen LogP) is 5.24. The summed E-state index contributed by atoms with van der Waals surface area (Å²) in [4.78, 5) is 30.8. The number of fused-ring (bicyclic) bond motifs is 1. The van der Waals surface area contributed by atoms with Crippen molar-refractivity contribution in [3.63, 3.8) is 0 Å². The number of pyridine rings is 1. The third-order valence-electron chi connectivity index (χ3n) is 4.83. The predicted molar refractivity (Wildman–Crippen MR) is 116 cm³/mol. The lowest BCUT2D eigenvalue weighted by molar-refractivity contribution is 0.0526. The van der Waals surface area contributed by atoms with Gasteiger partial charge >= 0.3 is 5.97 Å². The van der Waals surface area contributed by atoms with Crippen LogP contribution in [0.5, 0.6) is 11.6 Å². The van der Waals surface area contributed by atoms with Crippen LogP contribution in [0, 0.1) is 0 Å². The number of aromatic nitrogens is 1. The Hall–Kier alpha value is -3.19. The minimum absolute atomic E-state index is 0.295. The largest absolute Gasteiger partial charge is 0.462 e. The zero-order valence-corrected chi connectivity index (χ0v) is 17.5. The van der Waals surface area contributed by atoms with Gasteiger partial charge in [0.25, 0.3) is 5.91 Å². The van der Waals surface area contributed by atoms with Crippen LogP contribution in [0.2, 0.25) is 0 Å². The summed E-state index contributed by atoms with van der Waals surface area (Å²) in [6.45, 7) is 2.08. The molecule has 0 spiro atoms. The van der Waals surface area contributed by atoms with Crippen molar-refractivity contribution < 1.29 is 19.1 Å². The van der Waals surface area contributed by atoms with E-state index in [9.17, 15) is 9.59 Å². The first-order valence-electron chi connectivity index (χ1n) is 9.97.